The lowest BCUT2D eigenvalue weighted by atomic mass is 10.2. The Hall–Kier alpha value is 0.260. The van der Waals surface area contributed by atoms with Crippen molar-refractivity contribution in [3.63, 3.8) is 0 Å². The Bertz CT molecular complexity index is 297. The van der Waals surface area contributed by atoms with Gasteiger partial charge in [-0.15, -0.1) is 11.8 Å². The van der Waals surface area contributed by atoms with Crippen LogP contribution in [0.3, 0.4) is 0 Å². The van der Waals surface area contributed by atoms with Crippen LogP contribution in [0.15, 0.2) is 0 Å². The zero-order valence-electron chi connectivity index (χ0n) is 7.75. The molecule has 0 aromatic heterocycles. The van der Waals surface area contributed by atoms with Crippen LogP contribution in [0.5, 0.6) is 0 Å². The third-order valence-corrected chi connectivity index (χ3v) is 6.17. The number of hydrogen-bond acceptors (Lipinski definition) is 4. The number of rotatable bonds is 0. The molecular formula is C8H15NO2S2. The molecule has 2 aliphatic rings. The maximum absolute atomic E-state index is 11.5. The average molecular weight is 221 g/mol. The first-order valence-electron chi connectivity index (χ1n) is 4.65. The quantitative estimate of drug-likeness (QED) is 0.651. The van der Waals surface area contributed by atoms with E-state index in [1.54, 1.807) is 11.8 Å². The summed E-state index contributed by atoms with van der Waals surface area (Å²) in [4.78, 5) is -0.142. The number of nitrogens with one attached hydrogen (secondary N) is 1. The minimum absolute atomic E-state index is 0.142. The summed E-state index contributed by atoms with van der Waals surface area (Å²) >= 11 is 1.80. The summed E-state index contributed by atoms with van der Waals surface area (Å²) in [6, 6.07) is 0. The third kappa shape index (κ3) is 2.02. The Kier molecular flexibility index (Phi) is 2.37. The summed E-state index contributed by atoms with van der Waals surface area (Å²) in [6.45, 7) is 3.09. The van der Waals surface area contributed by atoms with Gasteiger partial charge in [0.1, 0.15) is 0 Å². The van der Waals surface area contributed by atoms with Gasteiger partial charge in [0.05, 0.1) is 16.4 Å². The van der Waals surface area contributed by atoms with Crippen LogP contribution in [-0.2, 0) is 9.84 Å². The predicted molar refractivity (Wildman–Crippen MR) is 55.7 cm³/mol. The van der Waals surface area contributed by atoms with Gasteiger partial charge in [-0.1, -0.05) is 6.92 Å². The molecule has 0 aromatic rings. The Labute approximate surface area is 83.6 Å². The Morgan fingerprint density at radius 1 is 1.54 bits per heavy atom. The van der Waals surface area contributed by atoms with Crippen LogP contribution in [0.2, 0.25) is 0 Å². The summed E-state index contributed by atoms with van der Waals surface area (Å²) in [7, 11) is -2.78. The smallest absolute Gasteiger partial charge is 0.152 e. The van der Waals surface area contributed by atoms with Gasteiger partial charge in [-0.25, -0.2) is 8.42 Å². The van der Waals surface area contributed by atoms with E-state index in [2.05, 4.69) is 12.2 Å². The highest BCUT2D eigenvalue weighted by atomic mass is 32.2. The van der Waals surface area contributed by atoms with Crippen molar-refractivity contribution < 1.29 is 8.42 Å². The molecule has 0 aromatic carbocycles. The van der Waals surface area contributed by atoms with Gasteiger partial charge in [-0.3, -0.25) is 0 Å². The SMILES string of the molecule is CC1CNC2(CCCS(=O)(=O)C2)S1. The normalized spacial score (nSPS) is 43.9. The van der Waals surface area contributed by atoms with Gasteiger partial charge in [-0.05, 0) is 12.8 Å². The topological polar surface area (TPSA) is 46.2 Å². The molecular weight excluding hydrogens is 206 g/mol. The largest absolute Gasteiger partial charge is 0.301 e. The molecule has 1 N–H and O–H groups in total. The summed E-state index contributed by atoms with van der Waals surface area (Å²) in [5.74, 6) is 0.709. The lowest BCUT2D eigenvalue weighted by Crippen LogP contribution is -2.47. The van der Waals surface area contributed by atoms with Crippen molar-refractivity contribution >= 4 is 21.6 Å². The highest BCUT2D eigenvalue weighted by Crippen LogP contribution is 2.40. The molecule has 2 unspecified atom stereocenters. The molecule has 2 saturated heterocycles. The van der Waals surface area contributed by atoms with Gasteiger partial charge in [0, 0.05) is 11.8 Å². The summed E-state index contributed by atoms with van der Waals surface area (Å²) < 4.78 is 22.9. The minimum atomic E-state index is -2.78. The first-order valence-corrected chi connectivity index (χ1v) is 7.35. The van der Waals surface area contributed by atoms with E-state index in [1.165, 1.54) is 0 Å². The van der Waals surface area contributed by atoms with E-state index in [1.807, 2.05) is 0 Å². The lowest BCUT2D eigenvalue weighted by molar-refractivity contribution is 0.468. The van der Waals surface area contributed by atoms with Crippen LogP contribution in [0, 0.1) is 0 Å². The van der Waals surface area contributed by atoms with Crippen molar-refractivity contribution in [1.29, 1.82) is 0 Å². The maximum atomic E-state index is 11.5. The van der Waals surface area contributed by atoms with Gasteiger partial charge in [0.15, 0.2) is 9.84 Å². The second-order valence-corrected chi connectivity index (χ2v) is 8.01. The number of hydrogen-bond donors (Lipinski definition) is 1. The van der Waals surface area contributed by atoms with E-state index in [0.29, 0.717) is 16.8 Å². The lowest BCUT2D eigenvalue weighted by Gasteiger charge is -2.32. The van der Waals surface area contributed by atoms with E-state index in [4.69, 9.17) is 0 Å². The molecule has 2 heterocycles. The van der Waals surface area contributed by atoms with E-state index in [9.17, 15) is 8.42 Å². The molecule has 0 amide bonds. The van der Waals surface area contributed by atoms with Crippen LogP contribution >= 0.6 is 11.8 Å². The fourth-order valence-electron chi connectivity index (χ4n) is 2.11. The van der Waals surface area contributed by atoms with Gasteiger partial charge >= 0.3 is 0 Å². The Morgan fingerprint density at radius 3 is 2.85 bits per heavy atom. The molecule has 76 valence electrons. The summed E-state index contributed by atoms with van der Waals surface area (Å²) in [5.41, 5.74) is 0. The average Bonchev–Trinajstić information content (AvgIpc) is 2.29. The van der Waals surface area contributed by atoms with Crippen LogP contribution in [-0.4, -0.2) is 36.6 Å². The molecule has 0 bridgehead atoms. The standard InChI is InChI=1S/C8H15NO2S2/c1-7-5-9-8(12-7)3-2-4-13(10,11)6-8/h7,9H,2-6H2,1H3. The second kappa shape index (κ2) is 3.14. The molecule has 0 aliphatic carbocycles. The van der Waals surface area contributed by atoms with Gasteiger partial charge < -0.3 is 5.32 Å². The minimum Gasteiger partial charge on any atom is -0.301 e. The fraction of sp³-hybridized carbons (Fsp3) is 1.00. The molecule has 2 atom stereocenters. The van der Waals surface area contributed by atoms with Gasteiger partial charge in [0.25, 0.3) is 0 Å². The first-order chi connectivity index (χ1) is 6.02. The molecule has 2 rings (SSSR count). The predicted octanol–water partition coefficient (Wildman–Crippen LogP) is 0.616. The summed E-state index contributed by atoms with van der Waals surface area (Å²) in [6.07, 6.45) is 1.82. The Morgan fingerprint density at radius 2 is 2.31 bits per heavy atom. The van der Waals surface area contributed by atoms with Crippen molar-refractivity contribution in [1.82, 2.24) is 5.32 Å². The van der Waals surface area contributed by atoms with Crippen molar-refractivity contribution in [3.8, 4) is 0 Å². The van der Waals surface area contributed by atoms with Crippen molar-refractivity contribution in [2.45, 2.75) is 29.9 Å². The van der Waals surface area contributed by atoms with Gasteiger partial charge in [0.2, 0.25) is 0 Å². The van der Waals surface area contributed by atoms with Crippen molar-refractivity contribution in [3.05, 3.63) is 0 Å². The third-order valence-electron chi connectivity index (χ3n) is 2.63. The highest BCUT2D eigenvalue weighted by molar-refractivity contribution is 8.02. The molecule has 0 radical (unpaired) electrons. The second-order valence-electron chi connectivity index (χ2n) is 4.00. The van der Waals surface area contributed by atoms with Crippen LogP contribution < -0.4 is 5.32 Å². The number of sulfone groups is 1. The van der Waals surface area contributed by atoms with E-state index in [0.717, 1.165) is 19.4 Å². The van der Waals surface area contributed by atoms with Gasteiger partial charge in [-0.2, -0.15) is 0 Å². The molecule has 3 nitrogen and oxygen atoms in total. The van der Waals surface area contributed by atoms with Crippen LogP contribution in [0.25, 0.3) is 0 Å². The highest BCUT2D eigenvalue weighted by Gasteiger charge is 2.43. The van der Waals surface area contributed by atoms with E-state index < -0.39 is 9.84 Å². The van der Waals surface area contributed by atoms with Crippen molar-refractivity contribution in [2.75, 3.05) is 18.1 Å². The first kappa shape index (κ1) is 9.80. The van der Waals surface area contributed by atoms with Crippen LogP contribution in [0.4, 0.5) is 0 Å². The zero-order valence-corrected chi connectivity index (χ0v) is 9.38. The Balaban J connectivity index is 2.16. The van der Waals surface area contributed by atoms with E-state index >= 15 is 0 Å². The monoisotopic (exact) mass is 221 g/mol. The molecule has 13 heavy (non-hydrogen) atoms. The summed E-state index contributed by atoms with van der Waals surface area (Å²) in [5, 5.41) is 3.91. The molecule has 5 heteroatoms. The van der Waals surface area contributed by atoms with Crippen molar-refractivity contribution in [2.24, 2.45) is 0 Å². The molecule has 1 spiro atoms. The molecule has 0 saturated carbocycles. The molecule has 2 aliphatic heterocycles. The number of thioether (sulfide) groups is 1. The van der Waals surface area contributed by atoms with Crippen LogP contribution in [0.1, 0.15) is 19.8 Å². The zero-order chi connectivity index (χ0) is 9.53. The fourth-order valence-corrected chi connectivity index (χ4v) is 5.97. The molecule has 2 fully saturated rings. The van der Waals surface area contributed by atoms with E-state index in [-0.39, 0.29) is 4.87 Å². The maximum Gasteiger partial charge on any atom is 0.152 e.